The highest BCUT2D eigenvalue weighted by Crippen LogP contribution is 2.27. The first-order chi connectivity index (χ1) is 11.2. The Morgan fingerprint density at radius 1 is 1.22 bits per heavy atom. The molecule has 3 rings (SSSR count). The minimum atomic E-state index is -0.445. The summed E-state index contributed by atoms with van der Waals surface area (Å²) in [7, 11) is 0. The van der Waals surface area contributed by atoms with Crippen LogP contribution in [0.4, 0.5) is 0 Å². The molecule has 0 aromatic heterocycles. The number of carbonyl (C=O) groups excluding carboxylic acids is 1. The molecule has 2 fully saturated rings. The summed E-state index contributed by atoms with van der Waals surface area (Å²) < 4.78 is 0. The van der Waals surface area contributed by atoms with Crippen molar-refractivity contribution in [2.75, 3.05) is 19.6 Å². The van der Waals surface area contributed by atoms with Crippen LogP contribution in [-0.2, 0) is 4.79 Å². The lowest BCUT2D eigenvalue weighted by atomic mass is 9.85. The molecule has 2 atom stereocenters. The smallest absolute Gasteiger partial charge is 0.234 e. The molecule has 1 heterocycles. The predicted octanol–water partition coefficient (Wildman–Crippen LogP) is 2.49. The second kappa shape index (κ2) is 7.93. The number of aliphatic hydroxyl groups excluding tert-OH is 1. The Bertz CT molecular complexity index is 501. The van der Waals surface area contributed by atoms with Gasteiger partial charge in [-0.05, 0) is 50.1 Å². The summed E-state index contributed by atoms with van der Waals surface area (Å²) >= 11 is 0. The zero-order valence-electron chi connectivity index (χ0n) is 13.8. The molecule has 23 heavy (non-hydrogen) atoms. The van der Waals surface area contributed by atoms with Gasteiger partial charge in [-0.2, -0.15) is 0 Å². The summed E-state index contributed by atoms with van der Waals surface area (Å²) in [6.07, 6.45) is 6.28. The Balaban J connectivity index is 1.46. The molecule has 1 saturated carbocycles. The first kappa shape index (κ1) is 16.5. The van der Waals surface area contributed by atoms with Crippen molar-refractivity contribution in [3.8, 4) is 0 Å². The van der Waals surface area contributed by atoms with E-state index in [2.05, 4.69) is 10.2 Å². The van der Waals surface area contributed by atoms with Gasteiger partial charge >= 0.3 is 0 Å². The van der Waals surface area contributed by atoms with E-state index in [-0.39, 0.29) is 5.91 Å². The molecule has 2 aliphatic rings. The van der Waals surface area contributed by atoms with Gasteiger partial charge in [0.15, 0.2) is 0 Å². The fourth-order valence-electron chi connectivity index (χ4n) is 3.63. The molecule has 0 unspecified atom stereocenters. The number of nitrogens with one attached hydrogen (secondary N) is 1. The zero-order chi connectivity index (χ0) is 16.1. The van der Waals surface area contributed by atoms with Gasteiger partial charge in [0.1, 0.15) is 0 Å². The van der Waals surface area contributed by atoms with Gasteiger partial charge in [-0.3, -0.25) is 9.69 Å². The van der Waals surface area contributed by atoms with Gasteiger partial charge < -0.3 is 10.4 Å². The highest BCUT2D eigenvalue weighted by Gasteiger charge is 2.28. The van der Waals surface area contributed by atoms with Crippen LogP contribution >= 0.6 is 0 Å². The lowest BCUT2D eigenvalue weighted by Gasteiger charge is -2.28. The van der Waals surface area contributed by atoms with Crippen LogP contribution in [0.5, 0.6) is 0 Å². The fraction of sp³-hybridized carbons (Fsp3) is 0.632. The van der Waals surface area contributed by atoms with Crippen LogP contribution in [0.3, 0.4) is 0 Å². The van der Waals surface area contributed by atoms with Crippen molar-refractivity contribution >= 4 is 5.91 Å². The summed E-state index contributed by atoms with van der Waals surface area (Å²) in [4.78, 5) is 14.4. The summed E-state index contributed by atoms with van der Waals surface area (Å²) in [6.45, 7) is 2.27. The maximum atomic E-state index is 12.1. The van der Waals surface area contributed by atoms with E-state index in [9.17, 15) is 9.90 Å². The van der Waals surface area contributed by atoms with Crippen molar-refractivity contribution in [1.29, 1.82) is 0 Å². The van der Waals surface area contributed by atoms with E-state index >= 15 is 0 Å². The molecular formula is C19H28N2O2. The van der Waals surface area contributed by atoms with E-state index in [1.54, 1.807) is 0 Å². The summed E-state index contributed by atoms with van der Waals surface area (Å²) in [5.74, 6) is 0.839. The van der Waals surface area contributed by atoms with Crippen molar-refractivity contribution in [3.63, 3.8) is 0 Å². The monoisotopic (exact) mass is 316 g/mol. The highest BCUT2D eigenvalue weighted by molar-refractivity contribution is 5.78. The van der Waals surface area contributed by atoms with Crippen LogP contribution in [0.1, 0.15) is 50.2 Å². The summed E-state index contributed by atoms with van der Waals surface area (Å²) in [5, 5.41) is 13.5. The van der Waals surface area contributed by atoms with Gasteiger partial charge in [-0.1, -0.05) is 36.8 Å². The fourth-order valence-corrected chi connectivity index (χ4v) is 3.63. The molecule has 1 amide bonds. The number of carbonyl (C=O) groups is 1. The number of benzene rings is 1. The van der Waals surface area contributed by atoms with Crippen LogP contribution in [0.15, 0.2) is 30.3 Å². The molecule has 1 aromatic carbocycles. The molecule has 4 heteroatoms. The quantitative estimate of drug-likeness (QED) is 0.812. The SMILES string of the molecule is O=C(CN1CCC[C@H]1C[C@H](O)c1ccccc1)NCC1CCC1. The second-order valence-corrected chi connectivity index (χ2v) is 7.03. The van der Waals surface area contributed by atoms with Crippen LogP contribution in [0.2, 0.25) is 0 Å². The van der Waals surface area contributed by atoms with Crippen LogP contribution < -0.4 is 5.32 Å². The number of aliphatic hydroxyl groups is 1. The molecule has 1 aliphatic carbocycles. The number of likely N-dealkylation sites (tertiary alicyclic amines) is 1. The number of nitrogens with zero attached hydrogens (tertiary/aromatic N) is 1. The Kier molecular flexibility index (Phi) is 5.68. The van der Waals surface area contributed by atoms with Crippen molar-refractivity contribution in [2.45, 2.75) is 50.7 Å². The molecular weight excluding hydrogens is 288 g/mol. The van der Waals surface area contributed by atoms with Gasteiger partial charge in [-0.25, -0.2) is 0 Å². The molecule has 0 radical (unpaired) electrons. The summed E-state index contributed by atoms with van der Waals surface area (Å²) in [6, 6.07) is 10.1. The largest absolute Gasteiger partial charge is 0.388 e. The number of amides is 1. The molecule has 2 N–H and O–H groups in total. The molecule has 4 nitrogen and oxygen atoms in total. The number of hydrogen-bond donors (Lipinski definition) is 2. The Morgan fingerprint density at radius 2 is 2.00 bits per heavy atom. The van der Waals surface area contributed by atoms with Gasteiger partial charge in [0, 0.05) is 12.6 Å². The molecule has 1 aromatic rings. The molecule has 1 saturated heterocycles. The highest BCUT2D eigenvalue weighted by atomic mass is 16.3. The number of hydrogen-bond acceptors (Lipinski definition) is 3. The standard InChI is InChI=1S/C19H28N2O2/c22-18(16-8-2-1-3-9-16)12-17-10-5-11-21(17)14-19(23)20-13-15-6-4-7-15/h1-3,8-9,15,17-18,22H,4-7,10-14H2,(H,20,23)/t17-,18-/m0/s1. The lowest BCUT2D eigenvalue weighted by molar-refractivity contribution is -0.122. The van der Waals surface area contributed by atoms with E-state index in [1.807, 2.05) is 30.3 Å². The third kappa shape index (κ3) is 4.55. The van der Waals surface area contributed by atoms with Crippen LogP contribution in [0, 0.1) is 5.92 Å². The molecule has 0 spiro atoms. The first-order valence-corrected chi connectivity index (χ1v) is 8.96. The van der Waals surface area contributed by atoms with Crippen molar-refractivity contribution in [1.82, 2.24) is 10.2 Å². The normalized spacial score (nSPS) is 23.4. The topological polar surface area (TPSA) is 52.6 Å². The summed E-state index contributed by atoms with van der Waals surface area (Å²) in [5.41, 5.74) is 0.966. The van der Waals surface area contributed by atoms with Crippen molar-refractivity contribution in [2.24, 2.45) is 5.92 Å². The Morgan fingerprint density at radius 3 is 2.70 bits per heavy atom. The van der Waals surface area contributed by atoms with Crippen molar-refractivity contribution in [3.05, 3.63) is 35.9 Å². The van der Waals surface area contributed by atoms with Gasteiger partial charge in [0.05, 0.1) is 12.6 Å². The van der Waals surface area contributed by atoms with E-state index in [4.69, 9.17) is 0 Å². The number of rotatable bonds is 7. The van der Waals surface area contributed by atoms with Gasteiger partial charge in [0.2, 0.25) is 5.91 Å². The third-order valence-electron chi connectivity index (χ3n) is 5.34. The maximum Gasteiger partial charge on any atom is 0.234 e. The van der Waals surface area contributed by atoms with E-state index in [1.165, 1.54) is 19.3 Å². The molecule has 0 bridgehead atoms. The average molecular weight is 316 g/mol. The van der Waals surface area contributed by atoms with E-state index in [0.29, 0.717) is 24.9 Å². The van der Waals surface area contributed by atoms with Crippen LogP contribution in [0.25, 0.3) is 0 Å². The Hall–Kier alpha value is -1.39. The minimum Gasteiger partial charge on any atom is -0.388 e. The van der Waals surface area contributed by atoms with E-state index in [0.717, 1.165) is 31.5 Å². The third-order valence-corrected chi connectivity index (χ3v) is 5.34. The molecule has 126 valence electrons. The van der Waals surface area contributed by atoms with Crippen molar-refractivity contribution < 1.29 is 9.90 Å². The first-order valence-electron chi connectivity index (χ1n) is 8.96. The average Bonchev–Trinajstić information content (AvgIpc) is 2.93. The van der Waals surface area contributed by atoms with Crippen LogP contribution in [-0.4, -0.2) is 41.6 Å². The second-order valence-electron chi connectivity index (χ2n) is 7.03. The predicted molar refractivity (Wildman–Crippen MR) is 91.0 cm³/mol. The minimum absolute atomic E-state index is 0.137. The van der Waals surface area contributed by atoms with Gasteiger partial charge in [0.25, 0.3) is 0 Å². The zero-order valence-corrected chi connectivity index (χ0v) is 13.8. The van der Waals surface area contributed by atoms with E-state index < -0.39 is 6.10 Å². The lowest BCUT2D eigenvalue weighted by Crippen LogP contribution is -2.42. The Labute approximate surface area is 138 Å². The van der Waals surface area contributed by atoms with Gasteiger partial charge in [-0.15, -0.1) is 0 Å². The maximum absolute atomic E-state index is 12.1. The molecule has 1 aliphatic heterocycles.